The molecular formula is C6H8NO. The standard InChI is InChI=1S/C6H8NO/c1-6-4-2-3-5-7(6)8/h2-4,8H,1,5H2. The Morgan fingerprint density at radius 2 is 2.50 bits per heavy atom. The van der Waals surface area contributed by atoms with Crippen molar-refractivity contribution >= 4 is 0 Å². The molecule has 0 aromatic carbocycles. The van der Waals surface area contributed by atoms with Crippen molar-refractivity contribution in [2.24, 2.45) is 0 Å². The van der Waals surface area contributed by atoms with Gasteiger partial charge in [0, 0.05) is 5.70 Å². The molecule has 0 unspecified atom stereocenters. The lowest BCUT2D eigenvalue weighted by Gasteiger charge is -2.16. The molecule has 0 fully saturated rings. The van der Waals surface area contributed by atoms with Crippen molar-refractivity contribution in [1.29, 1.82) is 0 Å². The van der Waals surface area contributed by atoms with Crippen molar-refractivity contribution < 1.29 is 5.21 Å². The van der Waals surface area contributed by atoms with E-state index in [0.717, 1.165) is 5.06 Å². The van der Waals surface area contributed by atoms with Crippen LogP contribution in [0.25, 0.3) is 0 Å². The van der Waals surface area contributed by atoms with Gasteiger partial charge in [0.25, 0.3) is 0 Å². The van der Waals surface area contributed by atoms with Crippen LogP contribution in [0.3, 0.4) is 0 Å². The summed E-state index contributed by atoms with van der Waals surface area (Å²) in [5, 5.41) is 9.93. The van der Waals surface area contributed by atoms with Crippen molar-refractivity contribution in [3.63, 3.8) is 0 Å². The summed E-state index contributed by atoms with van der Waals surface area (Å²) < 4.78 is 0. The van der Waals surface area contributed by atoms with E-state index < -0.39 is 0 Å². The quantitative estimate of drug-likeness (QED) is 0.502. The lowest BCUT2D eigenvalue weighted by Crippen LogP contribution is -2.18. The summed E-state index contributed by atoms with van der Waals surface area (Å²) in [6, 6.07) is 0. The van der Waals surface area contributed by atoms with Gasteiger partial charge in [-0.05, 0) is 13.0 Å². The first-order valence-electron chi connectivity index (χ1n) is 2.46. The van der Waals surface area contributed by atoms with E-state index in [-0.39, 0.29) is 0 Å². The molecule has 0 amide bonds. The SMILES string of the molecule is [CH2]C1=CC=CCN1O. The molecule has 1 aliphatic heterocycles. The van der Waals surface area contributed by atoms with E-state index in [9.17, 15) is 0 Å². The Balaban J connectivity index is 2.66. The largest absolute Gasteiger partial charge is 0.288 e. The summed E-state index contributed by atoms with van der Waals surface area (Å²) in [5.41, 5.74) is 0.646. The van der Waals surface area contributed by atoms with Gasteiger partial charge in [0.15, 0.2) is 0 Å². The van der Waals surface area contributed by atoms with Gasteiger partial charge in [0.2, 0.25) is 0 Å². The van der Waals surface area contributed by atoms with Gasteiger partial charge < -0.3 is 0 Å². The molecule has 1 rings (SSSR count). The maximum absolute atomic E-state index is 8.83. The Labute approximate surface area is 48.7 Å². The third kappa shape index (κ3) is 0.898. The molecule has 1 aliphatic rings. The molecule has 0 spiro atoms. The van der Waals surface area contributed by atoms with Gasteiger partial charge in [0.05, 0.1) is 6.54 Å². The first-order chi connectivity index (χ1) is 3.80. The molecule has 0 bridgehead atoms. The second kappa shape index (κ2) is 2.01. The van der Waals surface area contributed by atoms with Crippen LogP contribution in [0.4, 0.5) is 0 Å². The first-order valence-corrected chi connectivity index (χ1v) is 2.46. The van der Waals surface area contributed by atoms with Gasteiger partial charge >= 0.3 is 0 Å². The molecule has 8 heavy (non-hydrogen) atoms. The smallest absolute Gasteiger partial charge is 0.0633 e. The molecule has 1 heterocycles. The average molecular weight is 110 g/mol. The van der Waals surface area contributed by atoms with Crippen LogP contribution in [0.2, 0.25) is 0 Å². The average Bonchev–Trinajstić information content (AvgIpc) is 1.77. The highest BCUT2D eigenvalue weighted by atomic mass is 16.5. The molecule has 0 aromatic heterocycles. The molecule has 43 valence electrons. The monoisotopic (exact) mass is 110 g/mol. The molecule has 0 aliphatic carbocycles. The van der Waals surface area contributed by atoms with E-state index in [0.29, 0.717) is 12.2 Å². The molecule has 0 saturated carbocycles. The van der Waals surface area contributed by atoms with E-state index in [4.69, 9.17) is 5.21 Å². The first kappa shape index (κ1) is 5.38. The van der Waals surface area contributed by atoms with Crippen molar-refractivity contribution in [1.82, 2.24) is 5.06 Å². The summed E-state index contributed by atoms with van der Waals surface area (Å²) in [6.07, 6.45) is 5.48. The number of hydrogen-bond donors (Lipinski definition) is 1. The third-order valence-corrected chi connectivity index (χ3v) is 1.03. The summed E-state index contributed by atoms with van der Waals surface area (Å²) >= 11 is 0. The number of hydroxylamine groups is 2. The van der Waals surface area contributed by atoms with Crippen molar-refractivity contribution in [2.75, 3.05) is 6.54 Å². The Bertz CT molecular complexity index is 137. The van der Waals surface area contributed by atoms with Crippen LogP contribution in [0, 0.1) is 6.92 Å². The fourth-order valence-corrected chi connectivity index (χ4v) is 0.543. The Morgan fingerprint density at radius 3 is 2.88 bits per heavy atom. The summed E-state index contributed by atoms with van der Waals surface area (Å²) in [4.78, 5) is 0. The summed E-state index contributed by atoms with van der Waals surface area (Å²) in [5.74, 6) is 0. The lowest BCUT2D eigenvalue weighted by molar-refractivity contribution is -0.0413. The molecule has 0 aromatic rings. The summed E-state index contributed by atoms with van der Waals surface area (Å²) in [6.45, 7) is 4.12. The van der Waals surface area contributed by atoms with Crippen LogP contribution in [0.15, 0.2) is 23.9 Å². The fourth-order valence-electron chi connectivity index (χ4n) is 0.543. The van der Waals surface area contributed by atoms with Gasteiger partial charge in [-0.3, -0.25) is 10.3 Å². The van der Waals surface area contributed by atoms with Gasteiger partial charge in [-0.15, -0.1) is 0 Å². The van der Waals surface area contributed by atoms with E-state index in [1.54, 1.807) is 6.08 Å². The van der Waals surface area contributed by atoms with Crippen LogP contribution in [0.5, 0.6) is 0 Å². The van der Waals surface area contributed by atoms with Crippen molar-refractivity contribution in [3.8, 4) is 0 Å². The number of hydrogen-bond acceptors (Lipinski definition) is 2. The Hall–Kier alpha value is -0.760. The van der Waals surface area contributed by atoms with Crippen LogP contribution in [-0.2, 0) is 0 Å². The minimum absolute atomic E-state index is 0.551. The minimum atomic E-state index is 0.551. The van der Waals surface area contributed by atoms with E-state index >= 15 is 0 Å². The third-order valence-electron chi connectivity index (χ3n) is 1.03. The zero-order chi connectivity index (χ0) is 5.98. The van der Waals surface area contributed by atoms with Gasteiger partial charge in [-0.1, -0.05) is 12.2 Å². The van der Waals surface area contributed by atoms with Crippen LogP contribution in [0.1, 0.15) is 0 Å². The number of rotatable bonds is 0. The second-order valence-electron chi connectivity index (χ2n) is 1.67. The highest BCUT2D eigenvalue weighted by Gasteiger charge is 1.99. The second-order valence-corrected chi connectivity index (χ2v) is 1.67. The highest BCUT2D eigenvalue weighted by molar-refractivity contribution is 5.17. The molecule has 0 atom stereocenters. The minimum Gasteiger partial charge on any atom is -0.288 e. The molecule has 0 saturated heterocycles. The highest BCUT2D eigenvalue weighted by Crippen LogP contribution is 2.03. The number of nitrogens with zero attached hydrogens (tertiary/aromatic N) is 1. The van der Waals surface area contributed by atoms with Crippen molar-refractivity contribution in [2.45, 2.75) is 0 Å². The zero-order valence-electron chi connectivity index (χ0n) is 4.54. The predicted molar refractivity (Wildman–Crippen MR) is 31.1 cm³/mol. The number of allylic oxidation sites excluding steroid dienone is 3. The van der Waals surface area contributed by atoms with E-state index in [1.165, 1.54) is 0 Å². The topological polar surface area (TPSA) is 23.5 Å². The van der Waals surface area contributed by atoms with Crippen LogP contribution < -0.4 is 0 Å². The zero-order valence-corrected chi connectivity index (χ0v) is 4.54. The van der Waals surface area contributed by atoms with Crippen LogP contribution in [-0.4, -0.2) is 16.8 Å². The van der Waals surface area contributed by atoms with Gasteiger partial charge in [0.1, 0.15) is 0 Å². The molecule has 2 nitrogen and oxygen atoms in total. The Kier molecular flexibility index (Phi) is 1.35. The molecular weight excluding hydrogens is 102 g/mol. The summed E-state index contributed by atoms with van der Waals surface area (Å²) in [7, 11) is 0. The van der Waals surface area contributed by atoms with Gasteiger partial charge in [-0.2, -0.15) is 0 Å². The Morgan fingerprint density at radius 1 is 1.75 bits per heavy atom. The van der Waals surface area contributed by atoms with Crippen LogP contribution >= 0.6 is 0 Å². The fraction of sp³-hybridized carbons (Fsp3) is 0.167. The van der Waals surface area contributed by atoms with Gasteiger partial charge in [-0.25, -0.2) is 0 Å². The molecule has 2 heteroatoms. The van der Waals surface area contributed by atoms with E-state index in [2.05, 4.69) is 6.92 Å². The predicted octanol–water partition coefficient (Wildman–Crippen LogP) is 0.965. The normalized spacial score (nSPS) is 18.8. The maximum Gasteiger partial charge on any atom is 0.0633 e. The van der Waals surface area contributed by atoms with Crippen molar-refractivity contribution in [3.05, 3.63) is 30.8 Å². The van der Waals surface area contributed by atoms with E-state index in [1.807, 2.05) is 12.2 Å². The lowest BCUT2D eigenvalue weighted by atomic mass is 10.3. The molecule has 1 N–H and O–H groups in total. The molecule has 1 radical (unpaired) electrons. The maximum atomic E-state index is 8.83.